The fraction of sp³-hybridized carbons (Fsp3) is 0.357. The highest BCUT2D eigenvalue weighted by Gasteiger charge is 2.20. The molecule has 0 aromatic heterocycles. The number of nitrogens with zero attached hydrogens (tertiary/aromatic N) is 1. The van der Waals surface area contributed by atoms with Gasteiger partial charge in [-0.3, -0.25) is 9.59 Å². The summed E-state index contributed by atoms with van der Waals surface area (Å²) in [5, 5.41) is 9.03. The van der Waals surface area contributed by atoms with Crippen molar-refractivity contribution in [1.82, 2.24) is 4.90 Å². The van der Waals surface area contributed by atoms with Gasteiger partial charge in [0.05, 0.1) is 12.1 Å². The molecular formula is C14H17BrN2O4. The van der Waals surface area contributed by atoms with Gasteiger partial charge >= 0.3 is 5.97 Å². The lowest BCUT2D eigenvalue weighted by molar-refractivity contribution is -0.118. The molecule has 21 heavy (non-hydrogen) atoms. The van der Waals surface area contributed by atoms with E-state index in [0.717, 1.165) is 0 Å². The molecule has 3 N–H and O–H groups in total. The van der Waals surface area contributed by atoms with Crippen LogP contribution in [0.3, 0.4) is 0 Å². The summed E-state index contributed by atoms with van der Waals surface area (Å²) in [5.41, 5.74) is 5.35. The van der Waals surface area contributed by atoms with Gasteiger partial charge in [-0.15, -0.1) is 0 Å². The Hall–Kier alpha value is -1.89. The van der Waals surface area contributed by atoms with E-state index in [0.29, 0.717) is 11.0 Å². The molecule has 7 heteroatoms. The Morgan fingerprint density at radius 3 is 2.29 bits per heavy atom. The molecule has 0 bridgehead atoms. The van der Waals surface area contributed by atoms with Crippen molar-refractivity contribution in [1.29, 1.82) is 0 Å². The first-order chi connectivity index (χ1) is 9.70. The van der Waals surface area contributed by atoms with Crippen LogP contribution in [0, 0.1) is 5.92 Å². The molecule has 6 nitrogen and oxygen atoms in total. The first-order valence-corrected chi connectivity index (χ1v) is 7.11. The zero-order valence-electron chi connectivity index (χ0n) is 11.8. The maximum absolute atomic E-state index is 12.4. The number of hydrogen-bond acceptors (Lipinski definition) is 3. The van der Waals surface area contributed by atoms with Gasteiger partial charge in [0.2, 0.25) is 5.91 Å². The Morgan fingerprint density at radius 1 is 1.24 bits per heavy atom. The molecule has 0 aliphatic heterocycles. The first kappa shape index (κ1) is 17.2. The van der Waals surface area contributed by atoms with Crippen LogP contribution in [0.4, 0.5) is 0 Å². The number of carbonyl (C=O) groups excluding carboxylic acids is 2. The van der Waals surface area contributed by atoms with Crippen LogP contribution < -0.4 is 5.73 Å². The molecule has 0 aliphatic rings. The number of halogens is 1. The largest absolute Gasteiger partial charge is 0.478 e. The molecule has 0 saturated heterocycles. The summed E-state index contributed by atoms with van der Waals surface area (Å²) < 4.78 is 0.481. The number of primary amides is 1. The lowest BCUT2D eigenvalue weighted by atomic mass is 10.1. The van der Waals surface area contributed by atoms with Gasteiger partial charge in [0.25, 0.3) is 5.91 Å². The Bertz CT molecular complexity index is 572. The fourth-order valence-corrected chi connectivity index (χ4v) is 2.36. The van der Waals surface area contributed by atoms with E-state index in [4.69, 9.17) is 10.8 Å². The van der Waals surface area contributed by atoms with Gasteiger partial charge in [-0.25, -0.2) is 4.79 Å². The summed E-state index contributed by atoms with van der Waals surface area (Å²) in [7, 11) is 0. The number of carbonyl (C=O) groups is 3. The van der Waals surface area contributed by atoms with Crippen molar-refractivity contribution in [2.75, 3.05) is 13.1 Å². The average molecular weight is 357 g/mol. The van der Waals surface area contributed by atoms with Crippen molar-refractivity contribution in [3.63, 3.8) is 0 Å². The van der Waals surface area contributed by atoms with Gasteiger partial charge in [-0.2, -0.15) is 0 Å². The maximum atomic E-state index is 12.4. The molecule has 1 aromatic carbocycles. The van der Waals surface area contributed by atoms with Crippen LogP contribution in [-0.4, -0.2) is 40.9 Å². The molecule has 0 unspecified atom stereocenters. The molecule has 1 aromatic rings. The highest BCUT2D eigenvalue weighted by molar-refractivity contribution is 9.10. The highest BCUT2D eigenvalue weighted by atomic mass is 79.9. The molecule has 1 rings (SSSR count). The molecule has 0 fully saturated rings. The van der Waals surface area contributed by atoms with E-state index < -0.39 is 17.8 Å². The Kier molecular flexibility index (Phi) is 5.90. The van der Waals surface area contributed by atoms with Crippen molar-refractivity contribution in [2.45, 2.75) is 13.8 Å². The highest BCUT2D eigenvalue weighted by Crippen LogP contribution is 2.18. The molecule has 0 saturated carbocycles. The SMILES string of the molecule is CC(C)CN(CC(N)=O)C(=O)c1cc(Br)cc(C(=O)O)c1. The van der Waals surface area contributed by atoms with Crippen LogP contribution in [0.1, 0.15) is 34.6 Å². The summed E-state index contributed by atoms with van der Waals surface area (Å²) in [5.74, 6) is -2.01. The van der Waals surface area contributed by atoms with E-state index in [1.165, 1.54) is 23.1 Å². The molecule has 0 heterocycles. The number of aromatic carboxylic acids is 1. The van der Waals surface area contributed by atoms with E-state index in [1.807, 2.05) is 13.8 Å². The van der Waals surface area contributed by atoms with Crippen LogP contribution in [0.15, 0.2) is 22.7 Å². The number of carboxylic acid groups (broad SMARTS) is 1. The normalized spacial score (nSPS) is 10.5. The van der Waals surface area contributed by atoms with E-state index in [1.54, 1.807) is 0 Å². The number of benzene rings is 1. The van der Waals surface area contributed by atoms with Crippen LogP contribution in [-0.2, 0) is 4.79 Å². The van der Waals surface area contributed by atoms with E-state index in [9.17, 15) is 14.4 Å². The van der Waals surface area contributed by atoms with Gasteiger partial charge < -0.3 is 15.7 Å². The van der Waals surface area contributed by atoms with Gasteiger partial charge in [0.15, 0.2) is 0 Å². The second-order valence-electron chi connectivity index (χ2n) is 5.08. The van der Waals surface area contributed by atoms with Crippen molar-refractivity contribution < 1.29 is 19.5 Å². The minimum atomic E-state index is -1.13. The Labute approximate surface area is 131 Å². The molecule has 114 valence electrons. The smallest absolute Gasteiger partial charge is 0.335 e. The van der Waals surface area contributed by atoms with E-state index in [-0.39, 0.29) is 23.6 Å². The number of carboxylic acids is 1. The van der Waals surface area contributed by atoms with Gasteiger partial charge in [0.1, 0.15) is 0 Å². The predicted molar refractivity (Wildman–Crippen MR) is 81.0 cm³/mol. The van der Waals surface area contributed by atoms with Crippen molar-refractivity contribution in [2.24, 2.45) is 11.7 Å². The van der Waals surface area contributed by atoms with Gasteiger partial charge in [-0.05, 0) is 24.1 Å². The maximum Gasteiger partial charge on any atom is 0.335 e. The first-order valence-electron chi connectivity index (χ1n) is 6.32. The molecule has 0 radical (unpaired) electrons. The minimum Gasteiger partial charge on any atom is -0.478 e. The fourth-order valence-electron chi connectivity index (χ4n) is 1.87. The number of nitrogens with two attached hydrogens (primary N) is 1. The number of amides is 2. The summed E-state index contributed by atoms with van der Waals surface area (Å²) >= 11 is 3.17. The minimum absolute atomic E-state index is 0.00343. The summed E-state index contributed by atoms with van der Waals surface area (Å²) in [6, 6.07) is 4.20. The summed E-state index contributed by atoms with van der Waals surface area (Å²) in [6.07, 6.45) is 0. The number of rotatable bonds is 6. The topological polar surface area (TPSA) is 101 Å². The van der Waals surface area contributed by atoms with Crippen molar-refractivity contribution in [3.05, 3.63) is 33.8 Å². The third-order valence-corrected chi connectivity index (χ3v) is 3.07. The second kappa shape index (κ2) is 7.21. The zero-order valence-corrected chi connectivity index (χ0v) is 13.4. The lowest BCUT2D eigenvalue weighted by Gasteiger charge is -2.23. The molecular weight excluding hydrogens is 340 g/mol. The quantitative estimate of drug-likeness (QED) is 0.810. The van der Waals surface area contributed by atoms with Crippen LogP contribution in [0.25, 0.3) is 0 Å². The van der Waals surface area contributed by atoms with E-state index >= 15 is 0 Å². The summed E-state index contributed by atoms with van der Waals surface area (Å²) in [6.45, 7) is 3.97. The van der Waals surface area contributed by atoms with E-state index in [2.05, 4.69) is 15.9 Å². The molecule has 0 aliphatic carbocycles. The standard InChI is InChI=1S/C14H17BrN2O4/c1-8(2)6-17(7-12(16)18)13(19)9-3-10(14(20)21)5-11(15)4-9/h3-5,8H,6-7H2,1-2H3,(H2,16,18)(H,20,21). The number of hydrogen-bond donors (Lipinski definition) is 2. The Balaban J connectivity index is 3.13. The van der Waals surface area contributed by atoms with Crippen molar-refractivity contribution >= 4 is 33.7 Å². The zero-order chi connectivity index (χ0) is 16.2. The lowest BCUT2D eigenvalue weighted by Crippen LogP contribution is -2.40. The van der Waals surface area contributed by atoms with Gasteiger partial charge in [-0.1, -0.05) is 29.8 Å². The summed E-state index contributed by atoms with van der Waals surface area (Å²) in [4.78, 5) is 35.9. The molecule has 2 amide bonds. The van der Waals surface area contributed by atoms with Crippen LogP contribution in [0.5, 0.6) is 0 Å². The average Bonchev–Trinajstić information content (AvgIpc) is 2.35. The predicted octanol–water partition coefficient (Wildman–Crippen LogP) is 1.73. The Morgan fingerprint density at radius 2 is 1.81 bits per heavy atom. The van der Waals surface area contributed by atoms with Crippen LogP contribution in [0.2, 0.25) is 0 Å². The third-order valence-electron chi connectivity index (χ3n) is 2.61. The van der Waals surface area contributed by atoms with Gasteiger partial charge in [0, 0.05) is 16.6 Å². The third kappa shape index (κ3) is 5.18. The van der Waals surface area contributed by atoms with Crippen molar-refractivity contribution in [3.8, 4) is 0 Å². The second-order valence-corrected chi connectivity index (χ2v) is 6.00. The molecule has 0 atom stereocenters. The van der Waals surface area contributed by atoms with Crippen LogP contribution >= 0.6 is 15.9 Å². The monoisotopic (exact) mass is 356 g/mol. The molecule has 0 spiro atoms.